The van der Waals surface area contributed by atoms with Gasteiger partial charge in [0.2, 0.25) is 5.88 Å². The maximum atomic E-state index is 12.9. The summed E-state index contributed by atoms with van der Waals surface area (Å²) in [5.74, 6) is 5.84. The Kier molecular flexibility index (Phi) is 7.25. The van der Waals surface area contributed by atoms with Crippen LogP contribution >= 0.6 is 11.6 Å². The SMILES string of the molecule is Cc1ccc(C(=O)NCCCn2c(O)c(Cc3c[nH]c4c(Cl)cccc34)[nH]c2=O)cc1C#Cc1cnc2cccnn12. The second-order valence-electron chi connectivity index (χ2n) is 9.86. The number of halogens is 1. The average molecular weight is 580 g/mol. The molecule has 0 saturated heterocycles. The third kappa shape index (κ3) is 5.25. The first-order valence-corrected chi connectivity index (χ1v) is 13.7. The van der Waals surface area contributed by atoms with Crippen molar-refractivity contribution in [2.45, 2.75) is 26.3 Å². The molecule has 0 saturated carbocycles. The summed E-state index contributed by atoms with van der Waals surface area (Å²) in [6.07, 6.45) is 5.93. The second kappa shape index (κ2) is 11.3. The summed E-state index contributed by atoms with van der Waals surface area (Å²) in [5, 5.41) is 19.4. The first-order valence-electron chi connectivity index (χ1n) is 13.3. The van der Waals surface area contributed by atoms with Crippen molar-refractivity contribution in [3.05, 3.63) is 116 Å². The van der Waals surface area contributed by atoms with Gasteiger partial charge in [-0.2, -0.15) is 5.10 Å². The highest BCUT2D eigenvalue weighted by Gasteiger charge is 2.16. The molecule has 0 atom stereocenters. The molecule has 4 aromatic heterocycles. The summed E-state index contributed by atoms with van der Waals surface area (Å²) in [4.78, 5) is 35.6. The molecule has 6 aromatic rings. The predicted molar refractivity (Wildman–Crippen MR) is 160 cm³/mol. The summed E-state index contributed by atoms with van der Waals surface area (Å²) in [6.45, 7) is 2.48. The molecular weight excluding hydrogens is 554 g/mol. The molecule has 0 aliphatic rings. The van der Waals surface area contributed by atoms with Crippen LogP contribution < -0.4 is 11.0 Å². The summed E-state index contributed by atoms with van der Waals surface area (Å²) in [6, 6.07) is 14.6. The van der Waals surface area contributed by atoms with Gasteiger partial charge in [-0.25, -0.2) is 14.3 Å². The lowest BCUT2D eigenvalue weighted by molar-refractivity contribution is 0.0952. The van der Waals surface area contributed by atoms with Gasteiger partial charge in [0.15, 0.2) is 5.65 Å². The molecule has 10 nitrogen and oxygen atoms in total. The molecule has 0 radical (unpaired) electrons. The molecule has 4 heterocycles. The lowest BCUT2D eigenvalue weighted by atomic mass is 10.0. The average Bonchev–Trinajstić information content (AvgIpc) is 3.67. The third-order valence-electron chi connectivity index (χ3n) is 7.09. The van der Waals surface area contributed by atoms with Gasteiger partial charge in [0.25, 0.3) is 5.91 Å². The monoisotopic (exact) mass is 579 g/mol. The van der Waals surface area contributed by atoms with Crippen molar-refractivity contribution in [1.29, 1.82) is 0 Å². The minimum absolute atomic E-state index is 0.120. The van der Waals surface area contributed by atoms with E-state index in [0.717, 1.165) is 27.6 Å². The lowest BCUT2D eigenvalue weighted by Gasteiger charge is -2.08. The Balaban J connectivity index is 1.08. The molecule has 0 aliphatic heterocycles. The number of nitrogens with one attached hydrogen (secondary N) is 3. The number of carbonyl (C=O) groups is 1. The largest absolute Gasteiger partial charge is 0.493 e. The molecule has 0 bridgehead atoms. The van der Waals surface area contributed by atoms with E-state index in [1.54, 1.807) is 35.1 Å². The number of hydrogen-bond acceptors (Lipinski definition) is 5. The van der Waals surface area contributed by atoms with Crippen LogP contribution in [0.5, 0.6) is 5.88 Å². The number of fused-ring (bicyclic) bond motifs is 2. The van der Waals surface area contributed by atoms with E-state index >= 15 is 0 Å². The molecule has 0 spiro atoms. The summed E-state index contributed by atoms with van der Waals surface area (Å²) in [7, 11) is 0. The first-order chi connectivity index (χ1) is 20.4. The molecule has 0 unspecified atom stereocenters. The Hall–Kier alpha value is -5.27. The normalized spacial score (nSPS) is 11.1. The number of para-hydroxylation sites is 1. The molecule has 210 valence electrons. The second-order valence-corrected chi connectivity index (χ2v) is 10.3. The van der Waals surface area contributed by atoms with Crippen LogP contribution in [0.3, 0.4) is 0 Å². The van der Waals surface area contributed by atoms with Gasteiger partial charge in [0.05, 0.1) is 22.4 Å². The van der Waals surface area contributed by atoms with Gasteiger partial charge in [-0.1, -0.05) is 35.7 Å². The number of aromatic nitrogens is 6. The quantitative estimate of drug-likeness (QED) is 0.166. The van der Waals surface area contributed by atoms with Crippen molar-refractivity contribution in [1.82, 2.24) is 34.4 Å². The molecule has 42 heavy (non-hydrogen) atoms. The Morgan fingerprint density at radius 1 is 1.17 bits per heavy atom. The zero-order chi connectivity index (χ0) is 29.2. The van der Waals surface area contributed by atoms with Crippen molar-refractivity contribution >= 4 is 34.1 Å². The van der Waals surface area contributed by atoms with Gasteiger partial charge in [-0.15, -0.1) is 0 Å². The van der Waals surface area contributed by atoms with Crippen molar-refractivity contribution in [3.8, 4) is 17.7 Å². The van der Waals surface area contributed by atoms with Crippen molar-refractivity contribution in [2.75, 3.05) is 6.54 Å². The first kappa shape index (κ1) is 26.9. The Labute approximate surface area is 245 Å². The number of aromatic amines is 2. The summed E-state index contributed by atoms with van der Waals surface area (Å²) >= 11 is 6.25. The fraction of sp³-hybridized carbons (Fsp3) is 0.161. The van der Waals surface area contributed by atoms with E-state index in [1.807, 2.05) is 43.5 Å². The number of H-pyrrole nitrogens is 2. The van der Waals surface area contributed by atoms with Gasteiger partial charge in [0.1, 0.15) is 5.69 Å². The van der Waals surface area contributed by atoms with Gasteiger partial charge in [-0.05, 0) is 60.7 Å². The third-order valence-corrected chi connectivity index (χ3v) is 7.41. The van der Waals surface area contributed by atoms with Crippen LogP contribution in [0, 0.1) is 18.8 Å². The van der Waals surface area contributed by atoms with Gasteiger partial charge >= 0.3 is 5.69 Å². The fourth-order valence-electron chi connectivity index (χ4n) is 4.84. The highest BCUT2D eigenvalue weighted by atomic mass is 35.5. The fourth-order valence-corrected chi connectivity index (χ4v) is 5.07. The highest BCUT2D eigenvalue weighted by molar-refractivity contribution is 6.35. The number of carbonyl (C=O) groups excluding carboxylic acids is 1. The van der Waals surface area contributed by atoms with E-state index in [0.29, 0.717) is 47.0 Å². The van der Waals surface area contributed by atoms with E-state index < -0.39 is 5.69 Å². The Bertz CT molecular complexity index is 2070. The minimum Gasteiger partial charge on any atom is -0.493 e. The molecule has 0 fully saturated rings. The number of imidazole rings is 2. The molecule has 11 heteroatoms. The molecule has 2 aromatic carbocycles. The Morgan fingerprint density at radius 2 is 2.05 bits per heavy atom. The zero-order valence-electron chi connectivity index (χ0n) is 22.6. The summed E-state index contributed by atoms with van der Waals surface area (Å²) < 4.78 is 2.94. The number of aromatic hydroxyl groups is 1. The van der Waals surface area contributed by atoms with Crippen LogP contribution in [-0.2, 0) is 13.0 Å². The topological polar surface area (TPSA) is 133 Å². The highest BCUT2D eigenvalue weighted by Crippen LogP contribution is 2.28. The van der Waals surface area contributed by atoms with Crippen LogP contribution in [0.4, 0.5) is 0 Å². The number of aryl methyl sites for hydroxylation is 1. The van der Waals surface area contributed by atoms with Gasteiger partial charge in [-0.3, -0.25) is 9.36 Å². The van der Waals surface area contributed by atoms with Crippen molar-refractivity contribution < 1.29 is 9.90 Å². The maximum Gasteiger partial charge on any atom is 0.328 e. The number of hydrogen-bond donors (Lipinski definition) is 4. The number of rotatable bonds is 7. The number of amides is 1. The van der Waals surface area contributed by atoms with Crippen LogP contribution in [0.2, 0.25) is 5.02 Å². The number of benzene rings is 2. The van der Waals surface area contributed by atoms with Crippen molar-refractivity contribution in [3.63, 3.8) is 0 Å². The van der Waals surface area contributed by atoms with Crippen LogP contribution in [-0.4, -0.2) is 46.7 Å². The summed E-state index contributed by atoms with van der Waals surface area (Å²) in [5.41, 5.74) is 5.22. The molecule has 0 aliphatic carbocycles. The molecule has 4 N–H and O–H groups in total. The minimum atomic E-state index is -0.408. The van der Waals surface area contributed by atoms with E-state index in [-0.39, 0.29) is 18.3 Å². The molecule has 1 amide bonds. The van der Waals surface area contributed by atoms with Crippen LogP contribution in [0.15, 0.2) is 71.9 Å². The zero-order valence-corrected chi connectivity index (χ0v) is 23.4. The van der Waals surface area contributed by atoms with E-state index in [1.165, 1.54) is 4.57 Å². The molecule has 6 rings (SSSR count). The van der Waals surface area contributed by atoms with E-state index in [4.69, 9.17) is 11.6 Å². The number of nitrogens with zero attached hydrogens (tertiary/aromatic N) is 4. The van der Waals surface area contributed by atoms with E-state index in [2.05, 4.69) is 37.2 Å². The van der Waals surface area contributed by atoms with Crippen LogP contribution in [0.1, 0.15) is 44.9 Å². The Morgan fingerprint density at radius 3 is 2.93 bits per heavy atom. The molecular formula is C31H26ClN7O3. The maximum absolute atomic E-state index is 12.9. The van der Waals surface area contributed by atoms with E-state index in [9.17, 15) is 14.7 Å². The smallest absolute Gasteiger partial charge is 0.328 e. The van der Waals surface area contributed by atoms with Gasteiger partial charge < -0.3 is 20.4 Å². The standard InChI is InChI=1S/C31H26ClN7O3/c1-19-8-9-21(15-20(19)10-11-23-18-34-27-7-3-13-36-39(23)27)29(40)33-12-4-14-38-30(41)26(37-31(38)42)16-22-17-35-28-24(22)5-2-6-25(28)32/h2-3,5-9,13,15,17-18,35,41H,4,12,14,16H2,1H3,(H,33,40)(H,37,42). The van der Waals surface area contributed by atoms with Gasteiger partial charge in [0, 0.05) is 48.4 Å². The predicted octanol–water partition coefficient (Wildman–Crippen LogP) is 4.18. The van der Waals surface area contributed by atoms with Crippen molar-refractivity contribution in [2.24, 2.45) is 0 Å². The van der Waals surface area contributed by atoms with Crippen LogP contribution in [0.25, 0.3) is 16.6 Å². The lowest BCUT2D eigenvalue weighted by Crippen LogP contribution is -2.26.